The van der Waals surface area contributed by atoms with Gasteiger partial charge in [-0.2, -0.15) is 0 Å². The molecule has 1 heterocycles. The van der Waals surface area contributed by atoms with Crippen LogP contribution in [0, 0.1) is 0 Å². The molecule has 3 rings (SSSR count). The van der Waals surface area contributed by atoms with Gasteiger partial charge in [0.15, 0.2) is 5.75 Å². The van der Waals surface area contributed by atoms with E-state index in [1.807, 2.05) is 24.3 Å². The lowest BCUT2D eigenvalue weighted by Crippen LogP contribution is -1.94. The normalized spacial score (nSPS) is 10.8. The van der Waals surface area contributed by atoms with Crippen LogP contribution in [-0.2, 0) is 0 Å². The number of hydrogen-bond donors (Lipinski definition) is 0. The Morgan fingerprint density at radius 1 is 0.889 bits per heavy atom. The minimum absolute atomic E-state index is 0.515. The monoisotopic (exact) mass is 239 g/mol. The van der Waals surface area contributed by atoms with Crippen LogP contribution in [0.3, 0.4) is 0 Å². The van der Waals surface area contributed by atoms with Crippen molar-refractivity contribution >= 4 is 21.7 Å². The first-order chi connectivity index (χ1) is 8.83. The van der Waals surface area contributed by atoms with Crippen molar-refractivity contribution in [1.29, 1.82) is 0 Å². The molecule has 18 heavy (non-hydrogen) atoms. The molecule has 3 heteroatoms. The molecular weight excluding hydrogens is 226 g/mol. The molecule has 90 valence electrons. The van der Waals surface area contributed by atoms with Crippen LogP contribution in [-0.4, -0.2) is 19.2 Å². The van der Waals surface area contributed by atoms with E-state index < -0.39 is 0 Å². The van der Waals surface area contributed by atoms with Gasteiger partial charge in [-0.15, -0.1) is 0 Å². The van der Waals surface area contributed by atoms with E-state index in [2.05, 4.69) is 23.2 Å². The van der Waals surface area contributed by atoms with Gasteiger partial charge in [0, 0.05) is 10.8 Å². The molecule has 0 fully saturated rings. The van der Waals surface area contributed by atoms with Crippen LogP contribution in [0.1, 0.15) is 0 Å². The first kappa shape index (κ1) is 10.8. The molecule has 0 saturated carbocycles. The summed E-state index contributed by atoms with van der Waals surface area (Å²) in [5, 5.41) is 3.34. The Labute approximate surface area is 105 Å². The van der Waals surface area contributed by atoms with Crippen molar-refractivity contribution < 1.29 is 9.47 Å². The smallest absolute Gasteiger partial charge is 0.257 e. The Hall–Kier alpha value is -2.29. The summed E-state index contributed by atoms with van der Waals surface area (Å²) in [5.74, 6) is 1.17. The zero-order valence-electron chi connectivity index (χ0n) is 10.3. The van der Waals surface area contributed by atoms with E-state index in [0.717, 1.165) is 16.3 Å². The number of fused-ring (bicyclic) bond motifs is 3. The second-order valence-corrected chi connectivity index (χ2v) is 4.06. The zero-order valence-corrected chi connectivity index (χ0v) is 10.3. The highest BCUT2D eigenvalue weighted by molar-refractivity contribution is 6.05. The van der Waals surface area contributed by atoms with Gasteiger partial charge in [-0.3, -0.25) is 0 Å². The largest absolute Gasteiger partial charge is 0.491 e. The summed E-state index contributed by atoms with van der Waals surface area (Å²) in [5.41, 5.74) is 0.936. The van der Waals surface area contributed by atoms with E-state index in [-0.39, 0.29) is 0 Å². The fourth-order valence-corrected chi connectivity index (χ4v) is 2.17. The van der Waals surface area contributed by atoms with Crippen molar-refractivity contribution in [2.24, 2.45) is 0 Å². The predicted molar refractivity (Wildman–Crippen MR) is 72.4 cm³/mol. The molecule has 0 unspecified atom stereocenters. The molecule has 0 aliphatic heterocycles. The summed E-state index contributed by atoms with van der Waals surface area (Å²) in [6.07, 6.45) is 0. The Balaban J connectivity index is 2.43. The first-order valence-electron chi connectivity index (χ1n) is 5.74. The highest BCUT2D eigenvalue weighted by atomic mass is 16.5. The van der Waals surface area contributed by atoms with Crippen LogP contribution >= 0.6 is 0 Å². The van der Waals surface area contributed by atoms with Crippen molar-refractivity contribution in [2.75, 3.05) is 14.2 Å². The lowest BCUT2D eigenvalue weighted by molar-refractivity contribution is 0.345. The molecule has 0 atom stereocenters. The summed E-state index contributed by atoms with van der Waals surface area (Å²) < 4.78 is 10.5. The van der Waals surface area contributed by atoms with E-state index in [4.69, 9.17) is 9.47 Å². The zero-order chi connectivity index (χ0) is 12.5. The standard InChI is InChI=1S/C15H13NO2/c1-17-13-9-11-8-7-10-5-3-4-6-12(10)14(11)16-15(13)18-2/h3-9H,1-2H3. The minimum atomic E-state index is 0.515. The highest BCUT2D eigenvalue weighted by Crippen LogP contribution is 2.32. The van der Waals surface area contributed by atoms with Gasteiger partial charge in [0.25, 0.3) is 5.88 Å². The summed E-state index contributed by atoms with van der Waals surface area (Å²) in [4.78, 5) is 4.55. The van der Waals surface area contributed by atoms with Crippen LogP contribution in [0.4, 0.5) is 0 Å². The molecule has 0 bridgehead atoms. The van der Waals surface area contributed by atoms with E-state index in [1.165, 1.54) is 5.39 Å². The molecule has 2 aromatic carbocycles. The molecule has 0 spiro atoms. The van der Waals surface area contributed by atoms with E-state index in [1.54, 1.807) is 14.2 Å². The van der Waals surface area contributed by atoms with Gasteiger partial charge in [0.1, 0.15) is 0 Å². The molecule has 0 N–H and O–H groups in total. The van der Waals surface area contributed by atoms with Gasteiger partial charge in [-0.1, -0.05) is 36.4 Å². The highest BCUT2D eigenvalue weighted by Gasteiger charge is 2.09. The fraction of sp³-hybridized carbons (Fsp3) is 0.133. The Morgan fingerprint density at radius 3 is 2.44 bits per heavy atom. The maximum atomic E-state index is 5.27. The lowest BCUT2D eigenvalue weighted by atomic mass is 10.1. The Bertz CT molecular complexity index is 722. The second-order valence-electron chi connectivity index (χ2n) is 4.06. The summed E-state index contributed by atoms with van der Waals surface area (Å²) in [6.45, 7) is 0. The number of nitrogens with zero attached hydrogens (tertiary/aromatic N) is 1. The van der Waals surface area contributed by atoms with E-state index in [9.17, 15) is 0 Å². The third kappa shape index (κ3) is 1.56. The third-order valence-electron chi connectivity index (χ3n) is 3.06. The average Bonchev–Trinajstić information content (AvgIpc) is 2.45. The summed E-state index contributed by atoms with van der Waals surface area (Å²) in [7, 11) is 3.22. The maximum absolute atomic E-state index is 5.27. The maximum Gasteiger partial charge on any atom is 0.257 e. The predicted octanol–water partition coefficient (Wildman–Crippen LogP) is 3.41. The van der Waals surface area contributed by atoms with Crippen LogP contribution < -0.4 is 9.47 Å². The molecule has 1 aromatic heterocycles. The molecule has 3 nitrogen and oxygen atoms in total. The minimum Gasteiger partial charge on any atom is -0.491 e. The van der Waals surface area contributed by atoms with Crippen LogP contribution in [0.25, 0.3) is 21.7 Å². The van der Waals surface area contributed by atoms with Crippen LogP contribution in [0.5, 0.6) is 11.6 Å². The van der Waals surface area contributed by atoms with E-state index in [0.29, 0.717) is 11.6 Å². The van der Waals surface area contributed by atoms with Gasteiger partial charge < -0.3 is 9.47 Å². The van der Waals surface area contributed by atoms with Crippen molar-refractivity contribution in [3.8, 4) is 11.6 Å². The van der Waals surface area contributed by atoms with Crippen molar-refractivity contribution in [1.82, 2.24) is 4.98 Å². The quantitative estimate of drug-likeness (QED) is 0.642. The number of aromatic nitrogens is 1. The third-order valence-corrected chi connectivity index (χ3v) is 3.06. The van der Waals surface area contributed by atoms with Crippen LogP contribution in [0.15, 0.2) is 42.5 Å². The number of pyridine rings is 1. The fourth-order valence-electron chi connectivity index (χ4n) is 2.17. The SMILES string of the molecule is COc1cc2ccc3ccccc3c2nc1OC. The van der Waals surface area contributed by atoms with Gasteiger partial charge >= 0.3 is 0 Å². The number of hydrogen-bond acceptors (Lipinski definition) is 3. The van der Waals surface area contributed by atoms with Gasteiger partial charge in [0.05, 0.1) is 19.7 Å². The van der Waals surface area contributed by atoms with Gasteiger partial charge in [-0.25, -0.2) is 4.98 Å². The first-order valence-corrected chi connectivity index (χ1v) is 5.74. The molecule has 0 aliphatic carbocycles. The molecular formula is C15H13NO2. The molecule has 0 radical (unpaired) electrons. The lowest BCUT2D eigenvalue weighted by Gasteiger charge is -2.09. The van der Waals surface area contributed by atoms with Crippen molar-refractivity contribution in [3.63, 3.8) is 0 Å². The summed E-state index contributed by atoms with van der Waals surface area (Å²) >= 11 is 0. The van der Waals surface area contributed by atoms with Crippen LogP contribution in [0.2, 0.25) is 0 Å². The van der Waals surface area contributed by atoms with Gasteiger partial charge in [0.2, 0.25) is 0 Å². The average molecular weight is 239 g/mol. The molecule has 3 aromatic rings. The Morgan fingerprint density at radius 2 is 1.67 bits per heavy atom. The number of methoxy groups -OCH3 is 2. The number of ether oxygens (including phenoxy) is 2. The molecule has 0 saturated heterocycles. The second kappa shape index (κ2) is 4.18. The van der Waals surface area contributed by atoms with Crippen molar-refractivity contribution in [3.05, 3.63) is 42.5 Å². The number of rotatable bonds is 2. The Kier molecular flexibility index (Phi) is 2.52. The van der Waals surface area contributed by atoms with Crippen molar-refractivity contribution in [2.45, 2.75) is 0 Å². The van der Waals surface area contributed by atoms with Gasteiger partial charge in [-0.05, 0) is 11.5 Å². The van der Waals surface area contributed by atoms with E-state index >= 15 is 0 Å². The summed E-state index contributed by atoms with van der Waals surface area (Å²) in [6, 6.07) is 14.3. The number of benzene rings is 2. The molecule has 0 amide bonds. The molecule has 0 aliphatic rings. The topological polar surface area (TPSA) is 31.4 Å².